The monoisotopic (exact) mass is 230 g/mol. The second-order valence-electron chi connectivity index (χ2n) is 4.07. The third-order valence-electron chi connectivity index (χ3n) is 3.17. The lowest BCUT2D eigenvalue weighted by molar-refractivity contribution is 0.414. The molecule has 2 N–H and O–H groups in total. The lowest BCUT2D eigenvalue weighted by Gasteiger charge is -2.19. The standard InChI is InChI=1S/C12H14N4O/c1-17-9-3-2-8-4-5-16-11(7-13)14-15-12(16)10(8)6-9/h2-3,6H,4-5,7,13H2,1H3. The fraction of sp³-hybridized carbons (Fsp3) is 0.333. The fourth-order valence-electron chi connectivity index (χ4n) is 2.26. The highest BCUT2D eigenvalue weighted by atomic mass is 16.5. The molecule has 5 nitrogen and oxygen atoms in total. The molecule has 1 aliphatic heterocycles. The molecule has 0 aliphatic carbocycles. The third kappa shape index (κ3) is 1.51. The molecular weight excluding hydrogens is 216 g/mol. The van der Waals surface area contributed by atoms with Gasteiger partial charge in [0.1, 0.15) is 11.6 Å². The molecule has 0 atom stereocenters. The van der Waals surface area contributed by atoms with E-state index in [1.807, 2.05) is 12.1 Å². The van der Waals surface area contributed by atoms with Gasteiger partial charge >= 0.3 is 0 Å². The molecule has 0 unspecified atom stereocenters. The van der Waals surface area contributed by atoms with E-state index in [9.17, 15) is 0 Å². The van der Waals surface area contributed by atoms with Crippen molar-refractivity contribution in [3.63, 3.8) is 0 Å². The molecule has 0 radical (unpaired) electrons. The molecule has 1 aromatic carbocycles. The summed E-state index contributed by atoms with van der Waals surface area (Å²) in [6, 6.07) is 6.08. The van der Waals surface area contributed by atoms with Gasteiger partial charge in [-0.15, -0.1) is 10.2 Å². The average molecular weight is 230 g/mol. The minimum absolute atomic E-state index is 0.423. The van der Waals surface area contributed by atoms with E-state index in [-0.39, 0.29) is 0 Å². The van der Waals surface area contributed by atoms with Gasteiger partial charge in [0, 0.05) is 12.1 Å². The fourth-order valence-corrected chi connectivity index (χ4v) is 2.26. The summed E-state index contributed by atoms with van der Waals surface area (Å²) in [5, 5.41) is 8.34. The van der Waals surface area contributed by atoms with Crippen molar-refractivity contribution in [2.75, 3.05) is 7.11 Å². The summed E-state index contributed by atoms with van der Waals surface area (Å²) in [6.45, 7) is 1.32. The number of hydrogen-bond donors (Lipinski definition) is 1. The van der Waals surface area contributed by atoms with Gasteiger partial charge in [-0.05, 0) is 24.1 Å². The Bertz CT molecular complexity index is 562. The van der Waals surface area contributed by atoms with Crippen LogP contribution in [0.3, 0.4) is 0 Å². The third-order valence-corrected chi connectivity index (χ3v) is 3.17. The Morgan fingerprint density at radius 3 is 3.06 bits per heavy atom. The number of hydrogen-bond acceptors (Lipinski definition) is 4. The first-order valence-electron chi connectivity index (χ1n) is 5.63. The number of ether oxygens (including phenoxy) is 1. The first-order valence-corrected chi connectivity index (χ1v) is 5.63. The predicted octanol–water partition coefficient (Wildman–Crippen LogP) is 0.969. The SMILES string of the molecule is COc1ccc2c(c1)-c1nnc(CN)n1CC2. The van der Waals surface area contributed by atoms with Gasteiger partial charge in [0.25, 0.3) is 0 Å². The van der Waals surface area contributed by atoms with E-state index in [1.165, 1.54) is 5.56 Å². The van der Waals surface area contributed by atoms with Crippen LogP contribution in [-0.4, -0.2) is 21.9 Å². The molecule has 1 aromatic heterocycles. The van der Waals surface area contributed by atoms with E-state index in [2.05, 4.69) is 20.8 Å². The highest BCUT2D eigenvalue weighted by Gasteiger charge is 2.20. The maximum absolute atomic E-state index is 5.65. The lowest BCUT2D eigenvalue weighted by atomic mass is 10.0. The zero-order chi connectivity index (χ0) is 11.8. The van der Waals surface area contributed by atoms with Crippen LogP contribution in [0.5, 0.6) is 5.75 Å². The summed E-state index contributed by atoms with van der Waals surface area (Å²) in [6.07, 6.45) is 0.983. The number of methoxy groups -OCH3 is 1. The lowest BCUT2D eigenvalue weighted by Crippen LogP contribution is -2.15. The van der Waals surface area contributed by atoms with E-state index in [0.717, 1.165) is 35.9 Å². The Hall–Kier alpha value is -1.88. The van der Waals surface area contributed by atoms with Crippen molar-refractivity contribution in [3.8, 4) is 17.1 Å². The predicted molar refractivity (Wildman–Crippen MR) is 63.6 cm³/mol. The Kier molecular flexibility index (Phi) is 2.33. The van der Waals surface area contributed by atoms with Crippen LogP contribution in [0.1, 0.15) is 11.4 Å². The molecule has 3 rings (SSSR count). The van der Waals surface area contributed by atoms with Crippen LogP contribution in [0, 0.1) is 0 Å². The molecule has 0 saturated heterocycles. The van der Waals surface area contributed by atoms with Crippen molar-refractivity contribution in [2.24, 2.45) is 5.73 Å². The number of fused-ring (bicyclic) bond motifs is 3. The van der Waals surface area contributed by atoms with Crippen LogP contribution < -0.4 is 10.5 Å². The highest BCUT2D eigenvalue weighted by molar-refractivity contribution is 5.64. The Balaban J connectivity index is 2.17. The van der Waals surface area contributed by atoms with Crippen LogP contribution in [0.2, 0.25) is 0 Å². The number of benzene rings is 1. The van der Waals surface area contributed by atoms with Gasteiger partial charge in [0.05, 0.1) is 13.7 Å². The molecule has 2 aromatic rings. The number of aromatic nitrogens is 3. The summed E-state index contributed by atoms with van der Waals surface area (Å²) >= 11 is 0. The second kappa shape index (κ2) is 3.85. The minimum atomic E-state index is 0.423. The van der Waals surface area contributed by atoms with Crippen molar-refractivity contribution >= 4 is 0 Å². The van der Waals surface area contributed by atoms with Gasteiger partial charge in [-0.2, -0.15) is 0 Å². The summed E-state index contributed by atoms with van der Waals surface area (Å²) < 4.78 is 7.33. The molecule has 88 valence electrons. The summed E-state index contributed by atoms with van der Waals surface area (Å²) in [5.41, 5.74) is 8.03. The molecular formula is C12H14N4O. The number of nitrogens with zero attached hydrogens (tertiary/aromatic N) is 3. The van der Waals surface area contributed by atoms with E-state index >= 15 is 0 Å². The molecule has 17 heavy (non-hydrogen) atoms. The van der Waals surface area contributed by atoms with Crippen molar-refractivity contribution in [2.45, 2.75) is 19.5 Å². The summed E-state index contributed by atoms with van der Waals surface area (Å²) in [7, 11) is 1.67. The second-order valence-corrected chi connectivity index (χ2v) is 4.07. The average Bonchev–Trinajstić information content (AvgIpc) is 2.81. The van der Waals surface area contributed by atoms with Crippen LogP contribution in [-0.2, 0) is 19.5 Å². The maximum atomic E-state index is 5.65. The van der Waals surface area contributed by atoms with Crippen LogP contribution in [0.15, 0.2) is 18.2 Å². The van der Waals surface area contributed by atoms with Gasteiger partial charge in [0.2, 0.25) is 0 Å². The van der Waals surface area contributed by atoms with Crippen molar-refractivity contribution in [3.05, 3.63) is 29.6 Å². The van der Waals surface area contributed by atoms with Gasteiger partial charge in [0.15, 0.2) is 5.82 Å². The number of aryl methyl sites for hydroxylation is 1. The molecule has 0 fully saturated rings. The number of rotatable bonds is 2. The number of nitrogens with two attached hydrogens (primary N) is 1. The normalized spacial score (nSPS) is 13.1. The van der Waals surface area contributed by atoms with Gasteiger partial charge in [-0.1, -0.05) is 6.07 Å². The van der Waals surface area contributed by atoms with Crippen molar-refractivity contribution < 1.29 is 4.74 Å². The molecule has 5 heteroatoms. The Labute approximate surface area is 99.2 Å². The molecule has 0 spiro atoms. The smallest absolute Gasteiger partial charge is 0.164 e. The molecule has 0 saturated carbocycles. The Morgan fingerprint density at radius 2 is 2.29 bits per heavy atom. The van der Waals surface area contributed by atoms with Gasteiger partial charge in [-0.3, -0.25) is 0 Å². The first-order chi connectivity index (χ1) is 8.33. The van der Waals surface area contributed by atoms with Gasteiger partial charge in [-0.25, -0.2) is 0 Å². The van der Waals surface area contributed by atoms with Crippen molar-refractivity contribution in [1.82, 2.24) is 14.8 Å². The van der Waals surface area contributed by atoms with E-state index < -0.39 is 0 Å². The minimum Gasteiger partial charge on any atom is -0.497 e. The van der Waals surface area contributed by atoms with E-state index in [4.69, 9.17) is 10.5 Å². The first kappa shape index (κ1) is 10.3. The molecule has 0 bridgehead atoms. The largest absolute Gasteiger partial charge is 0.497 e. The van der Waals surface area contributed by atoms with E-state index in [0.29, 0.717) is 6.54 Å². The van der Waals surface area contributed by atoms with Gasteiger partial charge < -0.3 is 15.0 Å². The zero-order valence-electron chi connectivity index (χ0n) is 9.68. The topological polar surface area (TPSA) is 66.0 Å². The highest BCUT2D eigenvalue weighted by Crippen LogP contribution is 2.31. The Morgan fingerprint density at radius 1 is 1.41 bits per heavy atom. The van der Waals surface area contributed by atoms with Crippen molar-refractivity contribution in [1.29, 1.82) is 0 Å². The summed E-state index contributed by atoms with van der Waals surface area (Å²) in [5.74, 6) is 2.58. The van der Waals surface area contributed by atoms with E-state index in [1.54, 1.807) is 7.11 Å². The summed E-state index contributed by atoms with van der Waals surface area (Å²) in [4.78, 5) is 0. The van der Waals surface area contributed by atoms with Crippen LogP contribution >= 0.6 is 0 Å². The van der Waals surface area contributed by atoms with Crippen LogP contribution in [0.25, 0.3) is 11.4 Å². The molecule has 2 heterocycles. The van der Waals surface area contributed by atoms with Crippen LogP contribution in [0.4, 0.5) is 0 Å². The molecule has 1 aliphatic rings. The maximum Gasteiger partial charge on any atom is 0.164 e. The zero-order valence-corrected chi connectivity index (χ0v) is 9.68. The molecule has 0 amide bonds. The quantitative estimate of drug-likeness (QED) is 0.834.